The quantitative estimate of drug-likeness (QED) is 0.407. The number of hydrogen-bond donors (Lipinski definition) is 2. The van der Waals surface area contributed by atoms with Crippen molar-refractivity contribution in [1.82, 2.24) is 19.9 Å². The first-order valence-electron chi connectivity index (χ1n) is 11.9. The third-order valence-corrected chi connectivity index (χ3v) is 6.39. The lowest BCUT2D eigenvalue weighted by Gasteiger charge is -2.34. The van der Waals surface area contributed by atoms with Crippen molar-refractivity contribution < 1.29 is 4.79 Å². The maximum atomic E-state index is 10.1. The maximum Gasteiger partial charge on any atom is 0.211 e. The van der Waals surface area contributed by atoms with Gasteiger partial charge in [0.15, 0.2) is 5.13 Å². The van der Waals surface area contributed by atoms with E-state index in [0.717, 1.165) is 60.9 Å². The number of para-hydroxylation sites is 1. The second kappa shape index (κ2) is 14.6. The van der Waals surface area contributed by atoms with Gasteiger partial charge in [-0.2, -0.15) is 0 Å². The number of hydrogen-bond acceptors (Lipinski definition) is 8. The molecular formula is C25H36ClN7OS. The maximum absolute atomic E-state index is 10.1. The molecule has 1 saturated heterocycles. The first kappa shape index (κ1) is 28.5. The highest BCUT2D eigenvalue weighted by molar-refractivity contribution is 7.15. The fourth-order valence-corrected chi connectivity index (χ4v) is 4.41. The van der Waals surface area contributed by atoms with Crippen molar-refractivity contribution in [1.29, 1.82) is 0 Å². The van der Waals surface area contributed by atoms with Crippen molar-refractivity contribution in [3.8, 4) is 0 Å². The Balaban J connectivity index is 0.000000280. The van der Waals surface area contributed by atoms with Crippen molar-refractivity contribution in [3.63, 3.8) is 0 Å². The van der Waals surface area contributed by atoms with Crippen LogP contribution >= 0.6 is 22.9 Å². The first-order chi connectivity index (χ1) is 16.9. The standard InChI is InChI=1S/C15H22N6S.C8H8ClNO.C2H6/c1-4-20-5-7-21(8-6-20)14-9-13(17-12(3)18-14)19-15-16-10-11(2)22-15;1-6-3-2-4-7(9)8(6)10-5-11;1-2/h9-10H,4-8H2,1-3H3,(H,16,17,18,19);2-5H,1H3,(H,10,11);1-2H3. The molecule has 3 heterocycles. The monoisotopic (exact) mass is 517 g/mol. The zero-order chi connectivity index (χ0) is 25.8. The molecule has 35 heavy (non-hydrogen) atoms. The van der Waals surface area contributed by atoms with E-state index in [-0.39, 0.29) is 0 Å². The third-order valence-electron chi connectivity index (χ3n) is 5.25. The van der Waals surface area contributed by atoms with Crippen molar-refractivity contribution in [2.45, 2.75) is 41.5 Å². The minimum absolute atomic E-state index is 0.567. The van der Waals surface area contributed by atoms with Gasteiger partial charge in [0.25, 0.3) is 0 Å². The summed E-state index contributed by atoms with van der Waals surface area (Å²) in [5, 5.41) is 7.26. The van der Waals surface area contributed by atoms with E-state index in [2.05, 4.69) is 42.3 Å². The van der Waals surface area contributed by atoms with Crippen LogP contribution in [0.15, 0.2) is 30.5 Å². The van der Waals surface area contributed by atoms with Gasteiger partial charge in [-0.15, -0.1) is 11.3 Å². The van der Waals surface area contributed by atoms with Crippen LogP contribution in [0.1, 0.15) is 37.0 Å². The Kier molecular flexibility index (Phi) is 11.9. The molecular weight excluding hydrogens is 482 g/mol. The summed E-state index contributed by atoms with van der Waals surface area (Å²) in [5.74, 6) is 2.60. The van der Waals surface area contributed by atoms with Crippen LogP contribution < -0.4 is 15.5 Å². The number of benzene rings is 1. The van der Waals surface area contributed by atoms with E-state index in [1.807, 2.05) is 59.0 Å². The van der Waals surface area contributed by atoms with Crippen LogP contribution in [0.5, 0.6) is 0 Å². The number of carbonyl (C=O) groups excluding carboxylic acids is 1. The van der Waals surface area contributed by atoms with Gasteiger partial charge in [-0.3, -0.25) is 4.79 Å². The van der Waals surface area contributed by atoms with E-state index in [1.54, 1.807) is 17.4 Å². The number of aryl methyl sites for hydroxylation is 3. The lowest BCUT2D eigenvalue weighted by Crippen LogP contribution is -2.46. The van der Waals surface area contributed by atoms with Crippen LogP contribution in [0.3, 0.4) is 0 Å². The van der Waals surface area contributed by atoms with E-state index in [0.29, 0.717) is 17.1 Å². The van der Waals surface area contributed by atoms with Gasteiger partial charge >= 0.3 is 0 Å². The molecule has 1 aromatic carbocycles. The molecule has 10 heteroatoms. The van der Waals surface area contributed by atoms with Gasteiger partial charge in [0, 0.05) is 43.3 Å². The fourth-order valence-electron chi connectivity index (χ4n) is 3.47. The van der Waals surface area contributed by atoms with Gasteiger partial charge in [-0.25, -0.2) is 15.0 Å². The number of nitrogens with zero attached hydrogens (tertiary/aromatic N) is 5. The molecule has 0 spiro atoms. The Morgan fingerprint density at radius 2 is 1.83 bits per heavy atom. The number of likely N-dealkylation sites (N-methyl/N-ethyl adjacent to an activating group) is 1. The van der Waals surface area contributed by atoms with Gasteiger partial charge in [-0.05, 0) is 38.9 Å². The summed E-state index contributed by atoms with van der Waals surface area (Å²) in [4.78, 5) is 29.5. The molecule has 0 unspecified atom stereocenters. The van der Waals surface area contributed by atoms with Gasteiger partial charge in [-0.1, -0.05) is 44.5 Å². The first-order valence-corrected chi connectivity index (χ1v) is 13.1. The number of amides is 1. The number of piperazine rings is 1. The Morgan fingerprint density at radius 3 is 2.40 bits per heavy atom. The lowest BCUT2D eigenvalue weighted by molar-refractivity contribution is -0.105. The molecule has 0 radical (unpaired) electrons. The third kappa shape index (κ3) is 8.76. The van der Waals surface area contributed by atoms with E-state index in [9.17, 15) is 4.79 Å². The highest BCUT2D eigenvalue weighted by Gasteiger charge is 2.18. The number of aromatic nitrogens is 3. The van der Waals surface area contributed by atoms with E-state index in [1.165, 1.54) is 4.88 Å². The molecule has 8 nitrogen and oxygen atoms in total. The molecule has 1 aliphatic rings. The number of thiazole rings is 1. The van der Waals surface area contributed by atoms with Crippen molar-refractivity contribution in [2.75, 3.05) is 48.3 Å². The van der Waals surface area contributed by atoms with Crippen LogP contribution in [0, 0.1) is 20.8 Å². The smallest absolute Gasteiger partial charge is 0.211 e. The predicted octanol–water partition coefficient (Wildman–Crippen LogP) is 5.68. The topological polar surface area (TPSA) is 86.3 Å². The normalized spacial score (nSPS) is 13.2. The molecule has 3 aromatic rings. The molecule has 1 aliphatic heterocycles. The Hall–Kier alpha value is -2.75. The summed E-state index contributed by atoms with van der Waals surface area (Å²) in [7, 11) is 0. The molecule has 1 amide bonds. The number of anilines is 4. The average molecular weight is 518 g/mol. The highest BCUT2D eigenvalue weighted by atomic mass is 35.5. The molecule has 0 bridgehead atoms. The summed E-state index contributed by atoms with van der Waals surface area (Å²) >= 11 is 7.42. The molecule has 190 valence electrons. The molecule has 0 aliphatic carbocycles. The van der Waals surface area contributed by atoms with Crippen LogP contribution in [-0.2, 0) is 4.79 Å². The molecule has 0 saturated carbocycles. The Morgan fingerprint density at radius 1 is 1.11 bits per heavy atom. The number of carbonyl (C=O) groups is 1. The largest absolute Gasteiger partial charge is 0.354 e. The SMILES string of the molecule is CC.CCN1CCN(c2cc(Nc3ncc(C)s3)nc(C)n2)CC1.Cc1cccc(Cl)c1NC=O. The summed E-state index contributed by atoms with van der Waals surface area (Å²) in [6, 6.07) is 7.48. The van der Waals surface area contributed by atoms with Gasteiger partial charge in [0.05, 0.1) is 10.7 Å². The Labute approximate surface area is 217 Å². The molecule has 0 atom stereocenters. The Bertz CT molecular complexity index is 1050. The number of halogens is 1. The van der Waals surface area contributed by atoms with Crippen molar-refractivity contribution >= 4 is 51.8 Å². The number of rotatable bonds is 6. The second-order valence-electron chi connectivity index (χ2n) is 7.67. The highest BCUT2D eigenvalue weighted by Crippen LogP contribution is 2.25. The summed E-state index contributed by atoms with van der Waals surface area (Å²) < 4.78 is 0. The second-order valence-corrected chi connectivity index (χ2v) is 9.32. The minimum atomic E-state index is 0.567. The van der Waals surface area contributed by atoms with Crippen LogP contribution in [0.25, 0.3) is 0 Å². The van der Waals surface area contributed by atoms with E-state index >= 15 is 0 Å². The molecule has 1 fully saturated rings. The van der Waals surface area contributed by atoms with Gasteiger partial charge < -0.3 is 20.4 Å². The van der Waals surface area contributed by atoms with Gasteiger partial charge in [0.2, 0.25) is 6.41 Å². The zero-order valence-corrected chi connectivity index (χ0v) is 23.0. The van der Waals surface area contributed by atoms with Crippen molar-refractivity contribution in [3.05, 3.63) is 51.7 Å². The van der Waals surface area contributed by atoms with Gasteiger partial charge in [0.1, 0.15) is 17.5 Å². The minimum Gasteiger partial charge on any atom is -0.354 e. The van der Waals surface area contributed by atoms with Crippen LogP contribution in [-0.4, -0.2) is 59.0 Å². The zero-order valence-electron chi connectivity index (χ0n) is 21.4. The van der Waals surface area contributed by atoms with Crippen LogP contribution in [0.2, 0.25) is 5.02 Å². The average Bonchev–Trinajstić information content (AvgIpc) is 3.27. The van der Waals surface area contributed by atoms with E-state index < -0.39 is 0 Å². The van der Waals surface area contributed by atoms with Crippen molar-refractivity contribution in [2.24, 2.45) is 0 Å². The molecule has 2 N–H and O–H groups in total. The lowest BCUT2D eigenvalue weighted by atomic mass is 10.2. The fraction of sp³-hybridized carbons (Fsp3) is 0.440. The number of nitrogens with one attached hydrogen (secondary N) is 2. The van der Waals surface area contributed by atoms with E-state index in [4.69, 9.17) is 11.6 Å². The predicted molar refractivity (Wildman–Crippen MR) is 148 cm³/mol. The molecule has 2 aromatic heterocycles. The summed E-state index contributed by atoms with van der Waals surface area (Å²) in [5.41, 5.74) is 1.65. The summed E-state index contributed by atoms with van der Waals surface area (Å²) in [6.45, 7) is 17.4. The van der Waals surface area contributed by atoms with Crippen LogP contribution in [0.4, 0.5) is 22.5 Å². The molecule has 4 rings (SSSR count). The summed E-state index contributed by atoms with van der Waals surface area (Å²) in [6.07, 6.45) is 2.49.